The van der Waals surface area contributed by atoms with E-state index in [2.05, 4.69) is 5.32 Å². The number of ketones is 1. The monoisotopic (exact) mass is 284 g/mol. The number of nitro groups is 1. The number of nitrogens with zero attached hydrogens (tertiary/aromatic N) is 1. The molecular formula is C12H13ClN2O4. The van der Waals surface area contributed by atoms with Crippen molar-refractivity contribution in [3.8, 4) is 0 Å². The summed E-state index contributed by atoms with van der Waals surface area (Å²) in [6.45, 7) is 3.21. The molecule has 0 aliphatic rings. The Kier molecular flexibility index (Phi) is 5.00. The van der Waals surface area contributed by atoms with Gasteiger partial charge in [0.2, 0.25) is 0 Å². The molecule has 6 nitrogen and oxygen atoms in total. The van der Waals surface area contributed by atoms with E-state index in [1.54, 1.807) is 6.92 Å². The molecule has 1 N–H and O–H groups in total. The van der Waals surface area contributed by atoms with Gasteiger partial charge in [-0.15, -0.1) is 0 Å². The van der Waals surface area contributed by atoms with Gasteiger partial charge in [0, 0.05) is 17.5 Å². The first kappa shape index (κ1) is 15.1. The Balaban J connectivity index is 3.00. The van der Waals surface area contributed by atoms with Crippen LogP contribution in [0.2, 0.25) is 5.02 Å². The number of hydrogen-bond donors (Lipinski definition) is 1. The summed E-state index contributed by atoms with van der Waals surface area (Å²) in [5.74, 6) is -0.817. The van der Waals surface area contributed by atoms with Crippen molar-refractivity contribution in [1.82, 2.24) is 5.32 Å². The van der Waals surface area contributed by atoms with Crippen molar-refractivity contribution in [2.45, 2.75) is 26.3 Å². The van der Waals surface area contributed by atoms with Crippen molar-refractivity contribution in [1.29, 1.82) is 0 Å². The zero-order chi connectivity index (χ0) is 14.6. The predicted molar refractivity (Wildman–Crippen MR) is 70.3 cm³/mol. The highest BCUT2D eigenvalue weighted by molar-refractivity contribution is 6.31. The van der Waals surface area contributed by atoms with Crippen LogP contribution in [0.15, 0.2) is 18.2 Å². The highest BCUT2D eigenvalue weighted by Crippen LogP contribution is 2.23. The second-order valence-corrected chi connectivity index (χ2v) is 4.37. The number of carbonyl (C=O) groups excluding carboxylic acids is 2. The fraction of sp³-hybridized carbons (Fsp3) is 0.333. The summed E-state index contributed by atoms with van der Waals surface area (Å²) in [7, 11) is 0. The summed E-state index contributed by atoms with van der Waals surface area (Å²) in [4.78, 5) is 33.4. The fourth-order valence-electron chi connectivity index (χ4n) is 1.51. The van der Waals surface area contributed by atoms with Crippen LogP contribution >= 0.6 is 11.6 Å². The smallest absolute Gasteiger partial charge is 0.283 e. The summed E-state index contributed by atoms with van der Waals surface area (Å²) in [6.07, 6.45) is 0.282. The van der Waals surface area contributed by atoms with E-state index in [0.29, 0.717) is 0 Å². The van der Waals surface area contributed by atoms with Gasteiger partial charge in [-0.2, -0.15) is 0 Å². The zero-order valence-electron chi connectivity index (χ0n) is 10.5. The van der Waals surface area contributed by atoms with Crippen LogP contribution in [-0.2, 0) is 4.79 Å². The molecule has 0 saturated carbocycles. The molecule has 102 valence electrons. The molecule has 7 heteroatoms. The predicted octanol–water partition coefficient (Wildman–Crippen LogP) is 2.35. The van der Waals surface area contributed by atoms with Crippen LogP contribution in [0, 0.1) is 10.1 Å². The molecule has 1 atom stereocenters. The first-order valence-corrected chi connectivity index (χ1v) is 6.02. The van der Waals surface area contributed by atoms with Crippen LogP contribution in [-0.4, -0.2) is 22.7 Å². The molecule has 1 aromatic carbocycles. The third-order valence-corrected chi connectivity index (χ3v) is 2.82. The Morgan fingerprint density at radius 1 is 1.47 bits per heavy atom. The maximum absolute atomic E-state index is 11.9. The quantitative estimate of drug-likeness (QED) is 0.664. The van der Waals surface area contributed by atoms with Crippen molar-refractivity contribution in [3.05, 3.63) is 38.9 Å². The van der Waals surface area contributed by atoms with E-state index in [1.165, 1.54) is 19.1 Å². The molecule has 0 aromatic heterocycles. The number of Topliss-reactive ketones (excluding diaryl/α,β-unsaturated/α-hetero) is 1. The third-order valence-electron chi connectivity index (χ3n) is 2.58. The third kappa shape index (κ3) is 3.75. The number of rotatable bonds is 5. The number of halogens is 1. The first-order valence-electron chi connectivity index (χ1n) is 5.64. The van der Waals surface area contributed by atoms with Crippen molar-refractivity contribution in [3.63, 3.8) is 0 Å². The van der Waals surface area contributed by atoms with Gasteiger partial charge in [0.1, 0.15) is 5.56 Å². The van der Waals surface area contributed by atoms with Crippen molar-refractivity contribution < 1.29 is 14.5 Å². The molecular weight excluding hydrogens is 272 g/mol. The van der Waals surface area contributed by atoms with Crippen molar-refractivity contribution >= 4 is 29.0 Å². The molecule has 1 rings (SSSR count). The Hall–Kier alpha value is -1.95. The lowest BCUT2D eigenvalue weighted by Crippen LogP contribution is -2.38. The zero-order valence-corrected chi connectivity index (χ0v) is 11.2. The van der Waals surface area contributed by atoms with Crippen molar-refractivity contribution in [2.75, 3.05) is 0 Å². The Bertz CT molecular complexity index is 530. The minimum Gasteiger partial charge on any atom is -0.342 e. The van der Waals surface area contributed by atoms with E-state index in [0.717, 1.165) is 6.07 Å². The lowest BCUT2D eigenvalue weighted by molar-refractivity contribution is -0.385. The lowest BCUT2D eigenvalue weighted by Gasteiger charge is -2.11. The van der Waals surface area contributed by atoms with Crippen molar-refractivity contribution in [2.24, 2.45) is 0 Å². The van der Waals surface area contributed by atoms with Gasteiger partial charge in [0.05, 0.1) is 11.0 Å². The molecule has 0 radical (unpaired) electrons. The average Bonchev–Trinajstić information content (AvgIpc) is 2.37. The van der Waals surface area contributed by atoms with Crippen LogP contribution in [0.3, 0.4) is 0 Å². The maximum atomic E-state index is 11.9. The summed E-state index contributed by atoms with van der Waals surface area (Å²) >= 11 is 5.65. The number of amides is 1. The topological polar surface area (TPSA) is 89.3 Å². The van der Waals surface area contributed by atoms with Crippen LogP contribution in [0.5, 0.6) is 0 Å². The van der Waals surface area contributed by atoms with Crippen LogP contribution in [0.25, 0.3) is 0 Å². The molecule has 1 aromatic rings. The molecule has 0 spiro atoms. The van der Waals surface area contributed by atoms with E-state index in [1.807, 2.05) is 0 Å². The van der Waals surface area contributed by atoms with Crippen LogP contribution in [0.4, 0.5) is 5.69 Å². The maximum Gasteiger partial charge on any atom is 0.283 e. The van der Waals surface area contributed by atoms with Gasteiger partial charge >= 0.3 is 0 Å². The van der Waals surface area contributed by atoms with E-state index >= 15 is 0 Å². The van der Waals surface area contributed by atoms with Crippen LogP contribution in [0.1, 0.15) is 30.6 Å². The second-order valence-electron chi connectivity index (χ2n) is 3.93. The van der Waals surface area contributed by atoms with Gasteiger partial charge in [0.25, 0.3) is 11.6 Å². The molecule has 0 bridgehead atoms. The minimum absolute atomic E-state index is 0.120. The Morgan fingerprint density at radius 3 is 2.63 bits per heavy atom. The highest BCUT2D eigenvalue weighted by atomic mass is 35.5. The van der Waals surface area contributed by atoms with Crippen LogP contribution < -0.4 is 5.32 Å². The number of nitro benzene ring substituents is 1. The van der Waals surface area contributed by atoms with Gasteiger partial charge in [-0.1, -0.05) is 18.5 Å². The summed E-state index contributed by atoms with van der Waals surface area (Å²) in [5, 5.41) is 13.4. The first-order chi connectivity index (χ1) is 8.86. The average molecular weight is 285 g/mol. The number of hydrogen-bond acceptors (Lipinski definition) is 4. The van der Waals surface area contributed by atoms with Gasteiger partial charge in [-0.05, 0) is 19.1 Å². The summed E-state index contributed by atoms with van der Waals surface area (Å²) in [5.41, 5.74) is -0.508. The number of nitrogens with one attached hydrogen (secondary N) is 1. The SMILES string of the molecule is CCC(=O)C(C)NC(=O)c1ccc(Cl)cc1[N+](=O)[O-]. The summed E-state index contributed by atoms with van der Waals surface area (Å²) in [6, 6.07) is 3.06. The van der Waals surface area contributed by atoms with E-state index < -0.39 is 16.9 Å². The summed E-state index contributed by atoms with van der Waals surface area (Å²) < 4.78 is 0. The van der Waals surface area contributed by atoms with Gasteiger partial charge in [-0.3, -0.25) is 19.7 Å². The van der Waals surface area contributed by atoms with E-state index in [-0.39, 0.29) is 28.5 Å². The van der Waals surface area contributed by atoms with Gasteiger partial charge in [0.15, 0.2) is 5.78 Å². The lowest BCUT2D eigenvalue weighted by atomic mass is 10.1. The second kappa shape index (κ2) is 6.29. The number of benzene rings is 1. The highest BCUT2D eigenvalue weighted by Gasteiger charge is 2.23. The molecule has 0 heterocycles. The largest absolute Gasteiger partial charge is 0.342 e. The number of carbonyl (C=O) groups is 2. The normalized spacial score (nSPS) is 11.7. The Morgan fingerprint density at radius 2 is 2.11 bits per heavy atom. The Labute approximate surface area is 114 Å². The van der Waals surface area contributed by atoms with Gasteiger partial charge < -0.3 is 5.32 Å². The molecule has 19 heavy (non-hydrogen) atoms. The molecule has 0 saturated heterocycles. The molecule has 1 unspecified atom stereocenters. The molecule has 0 aliphatic carbocycles. The van der Waals surface area contributed by atoms with Gasteiger partial charge in [-0.25, -0.2) is 0 Å². The standard InChI is InChI=1S/C12H13ClN2O4/c1-3-11(16)7(2)14-12(17)9-5-4-8(13)6-10(9)15(18)19/h4-7H,3H2,1-2H3,(H,14,17). The molecule has 0 aliphatic heterocycles. The molecule has 0 fully saturated rings. The minimum atomic E-state index is -0.687. The van der Waals surface area contributed by atoms with E-state index in [9.17, 15) is 19.7 Å². The van der Waals surface area contributed by atoms with E-state index in [4.69, 9.17) is 11.6 Å². The fourth-order valence-corrected chi connectivity index (χ4v) is 1.68. The molecule has 1 amide bonds.